The quantitative estimate of drug-likeness (QED) is 0.360. The van der Waals surface area contributed by atoms with Crippen LogP contribution in [0.2, 0.25) is 0 Å². The van der Waals surface area contributed by atoms with Crippen LogP contribution in [0.1, 0.15) is 56.9 Å². The Bertz CT molecular complexity index is 1160. The van der Waals surface area contributed by atoms with Gasteiger partial charge < -0.3 is 18.7 Å². The first-order valence-corrected chi connectivity index (χ1v) is 12.4. The van der Waals surface area contributed by atoms with E-state index in [2.05, 4.69) is 10.5 Å². The van der Waals surface area contributed by atoms with Crippen molar-refractivity contribution < 1.29 is 28.3 Å². The standard InChI is InChI=1S/C28H32N2O6/c1-4-33-27(31)22-11-8-12-24(17-22)35-23-15-13-21(14-16-23)26-25(18(2)30-36-26)29-28(32)34-19(3)20-9-6-5-7-10-20/h5-7,9-10,13-16,19,22,24H,4,8,11-12,17H2,1-3H3,(H,29,32)/t19-,22?,24?/m1/s1. The first kappa shape index (κ1) is 25.3. The number of anilines is 1. The zero-order valence-electron chi connectivity index (χ0n) is 20.9. The van der Waals surface area contributed by atoms with Crippen molar-refractivity contribution >= 4 is 17.7 Å². The first-order valence-electron chi connectivity index (χ1n) is 12.4. The van der Waals surface area contributed by atoms with Crippen molar-refractivity contribution in [2.45, 2.75) is 58.7 Å². The molecule has 1 saturated carbocycles. The average Bonchev–Trinajstić information content (AvgIpc) is 3.25. The predicted octanol–water partition coefficient (Wildman–Crippen LogP) is 6.46. The number of rotatable bonds is 8. The summed E-state index contributed by atoms with van der Waals surface area (Å²) < 4.78 is 22.4. The van der Waals surface area contributed by atoms with Gasteiger partial charge in [0, 0.05) is 5.56 Å². The van der Waals surface area contributed by atoms with Crippen LogP contribution in [-0.4, -0.2) is 29.9 Å². The van der Waals surface area contributed by atoms with Crippen molar-refractivity contribution in [2.24, 2.45) is 5.92 Å². The molecular formula is C28H32N2O6. The van der Waals surface area contributed by atoms with Crippen LogP contribution in [-0.2, 0) is 14.3 Å². The van der Waals surface area contributed by atoms with E-state index in [4.69, 9.17) is 18.7 Å². The molecule has 0 spiro atoms. The van der Waals surface area contributed by atoms with Gasteiger partial charge in [-0.05, 0) is 76.3 Å². The van der Waals surface area contributed by atoms with Crippen LogP contribution in [0.15, 0.2) is 59.1 Å². The molecule has 1 heterocycles. The number of nitrogens with zero attached hydrogens (tertiary/aromatic N) is 1. The average molecular weight is 493 g/mol. The zero-order chi connectivity index (χ0) is 25.5. The SMILES string of the molecule is CCOC(=O)C1CCCC(Oc2ccc(-c3onc(C)c3NC(=O)O[C@H](C)c3ccccc3)cc2)C1. The number of ether oxygens (including phenoxy) is 3. The number of benzene rings is 2. The monoisotopic (exact) mass is 492 g/mol. The smallest absolute Gasteiger partial charge is 0.412 e. The molecule has 3 aromatic rings. The second-order valence-electron chi connectivity index (χ2n) is 8.94. The number of esters is 1. The lowest BCUT2D eigenvalue weighted by Crippen LogP contribution is -2.30. The maximum Gasteiger partial charge on any atom is 0.412 e. The summed E-state index contributed by atoms with van der Waals surface area (Å²) in [6, 6.07) is 16.9. The minimum atomic E-state index is -0.590. The van der Waals surface area contributed by atoms with Crippen molar-refractivity contribution in [3.8, 4) is 17.1 Å². The first-order chi connectivity index (χ1) is 17.4. The van der Waals surface area contributed by atoms with E-state index in [9.17, 15) is 9.59 Å². The van der Waals surface area contributed by atoms with Crippen LogP contribution >= 0.6 is 0 Å². The fraction of sp³-hybridized carbons (Fsp3) is 0.393. The highest BCUT2D eigenvalue weighted by molar-refractivity contribution is 5.90. The Morgan fingerprint density at radius 2 is 1.86 bits per heavy atom. The van der Waals surface area contributed by atoms with Gasteiger partial charge in [0.1, 0.15) is 23.2 Å². The molecule has 36 heavy (non-hydrogen) atoms. The van der Waals surface area contributed by atoms with Gasteiger partial charge in [0.2, 0.25) is 0 Å². The Hall–Kier alpha value is -3.81. The lowest BCUT2D eigenvalue weighted by molar-refractivity contribution is -0.150. The summed E-state index contributed by atoms with van der Waals surface area (Å²) in [4.78, 5) is 24.7. The molecular weight excluding hydrogens is 460 g/mol. The van der Waals surface area contributed by atoms with Gasteiger partial charge in [0.05, 0.1) is 18.6 Å². The van der Waals surface area contributed by atoms with E-state index >= 15 is 0 Å². The third kappa shape index (κ3) is 6.24. The van der Waals surface area contributed by atoms with Crippen LogP contribution in [0.3, 0.4) is 0 Å². The number of carbonyl (C=O) groups excluding carboxylic acids is 2. The summed E-state index contributed by atoms with van der Waals surface area (Å²) >= 11 is 0. The Labute approximate surface area is 210 Å². The van der Waals surface area contributed by atoms with Gasteiger partial charge in [0.15, 0.2) is 5.76 Å². The molecule has 190 valence electrons. The highest BCUT2D eigenvalue weighted by Gasteiger charge is 2.29. The molecule has 8 nitrogen and oxygen atoms in total. The summed E-state index contributed by atoms with van der Waals surface area (Å²) in [7, 11) is 0. The van der Waals surface area contributed by atoms with Crippen LogP contribution < -0.4 is 10.1 Å². The van der Waals surface area contributed by atoms with Crippen LogP contribution in [0.4, 0.5) is 10.5 Å². The number of amides is 1. The molecule has 1 aliphatic rings. The van der Waals surface area contributed by atoms with Gasteiger partial charge in [-0.15, -0.1) is 0 Å². The highest BCUT2D eigenvalue weighted by atomic mass is 16.6. The lowest BCUT2D eigenvalue weighted by atomic mass is 9.87. The minimum Gasteiger partial charge on any atom is -0.490 e. The van der Waals surface area contributed by atoms with Crippen molar-refractivity contribution in [2.75, 3.05) is 11.9 Å². The molecule has 4 rings (SSSR count). The molecule has 8 heteroatoms. The van der Waals surface area contributed by atoms with E-state index in [1.807, 2.05) is 68.4 Å². The van der Waals surface area contributed by atoms with E-state index in [-0.39, 0.29) is 18.0 Å². The highest BCUT2D eigenvalue weighted by Crippen LogP contribution is 2.34. The Morgan fingerprint density at radius 1 is 1.11 bits per heavy atom. The second-order valence-corrected chi connectivity index (χ2v) is 8.94. The van der Waals surface area contributed by atoms with Gasteiger partial charge in [0.25, 0.3) is 0 Å². The summed E-state index contributed by atoms with van der Waals surface area (Å²) in [6.45, 7) is 5.78. The molecule has 0 saturated heterocycles. The maximum atomic E-state index is 12.6. The molecule has 3 atom stereocenters. The van der Waals surface area contributed by atoms with Gasteiger partial charge in [-0.3, -0.25) is 10.1 Å². The fourth-order valence-electron chi connectivity index (χ4n) is 4.40. The van der Waals surface area contributed by atoms with Gasteiger partial charge in [-0.25, -0.2) is 4.79 Å². The fourth-order valence-corrected chi connectivity index (χ4v) is 4.40. The van der Waals surface area contributed by atoms with Crippen LogP contribution in [0.5, 0.6) is 5.75 Å². The van der Waals surface area contributed by atoms with Gasteiger partial charge in [-0.1, -0.05) is 35.5 Å². The molecule has 0 aliphatic heterocycles. The van der Waals surface area contributed by atoms with E-state index in [1.54, 1.807) is 6.92 Å². The van der Waals surface area contributed by atoms with Crippen molar-refractivity contribution in [3.05, 3.63) is 65.9 Å². The third-order valence-electron chi connectivity index (χ3n) is 6.31. The van der Waals surface area contributed by atoms with Gasteiger partial charge in [-0.2, -0.15) is 0 Å². The van der Waals surface area contributed by atoms with E-state index in [0.29, 0.717) is 35.9 Å². The Kier molecular flexibility index (Phi) is 8.25. The Balaban J connectivity index is 1.39. The molecule has 1 aromatic heterocycles. The lowest BCUT2D eigenvalue weighted by Gasteiger charge is -2.28. The summed E-state index contributed by atoms with van der Waals surface area (Å²) in [6.07, 6.45) is 2.28. The second kappa shape index (κ2) is 11.7. The molecule has 1 fully saturated rings. The van der Waals surface area contributed by atoms with Crippen LogP contribution in [0.25, 0.3) is 11.3 Å². The maximum absolute atomic E-state index is 12.6. The normalized spacial score (nSPS) is 18.2. The van der Waals surface area contributed by atoms with E-state index in [0.717, 1.165) is 30.4 Å². The van der Waals surface area contributed by atoms with Gasteiger partial charge >= 0.3 is 12.1 Å². The van der Waals surface area contributed by atoms with Crippen LogP contribution in [0, 0.1) is 12.8 Å². The summed E-state index contributed by atoms with van der Waals surface area (Å²) in [5.41, 5.74) is 2.64. The number of carbonyl (C=O) groups is 2. The molecule has 1 N–H and O–H groups in total. The van der Waals surface area contributed by atoms with E-state index in [1.165, 1.54) is 0 Å². The third-order valence-corrected chi connectivity index (χ3v) is 6.31. The van der Waals surface area contributed by atoms with E-state index < -0.39 is 12.2 Å². The molecule has 0 radical (unpaired) electrons. The minimum absolute atomic E-state index is 0.0369. The van der Waals surface area contributed by atoms with Crippen molar-refractivity contribution in [1.82, 2.24) is 5.16 Å². The predicted molar refractivity (Wildman–Crippen MR) is 135 cm³/mol. The topological polar surface area (TPSA) is 99.9 Å². The van der Waals surface area contributed by atoms with Crippen molar-refractivity contribution in [3.63, 3.8) is 0 Å². The molecule has 2 unspecified atom stereocenters. The molecule has 1 amide bonds. The zero-order valence-corrected chi connectivity index (χ0v) is 20.9. The summed E-state index contributed by atoms with van der Waals surface area (Å²) in [5, 5.41) is 6.79. The molecule has 2 aromatic carbocycles. The number of hydrogen-bond donors (Lipinski definition) is 1. The van der Waals surface area contributed by atoms with Crippen molar-refractivity contribution in [1.29, 1.82) is 0 Å². The number of nitrogens with one attached hydrogen (secondary N) is 1. The number of aromatic nitrogens is 1. The largest absolute Gasteiger partial charge is 0.490 e. The number of hydrogen-bond acceptors (Lipinski definition) is 7. The summed E-state index contributed by atoms with van der Waals surface area (Å²) in [5.74, 6) is 0.884. The molecule has 0 bridgehead atoms. The molecule has 1 aliphatic carbocycles. The number of aryl methyl sites for hydroxylation is 1. The Morgan fingerprint density at radius 3 is 2.58 bits per heavy atom.